The van der Waals surface area contributed by atoms with Crippen LogP contribution < -0.4 is 5.32 Å². The Morgan fingerprint density at radius 3 is 2.80 bits per heavy atom. The third kappa shape index (κ3) is 4.73. The van der Waals surface area contributed by atoms with E-state index in [1.54, 1.807) is 0 Å². The Morgan fingerprint density at radius 2 is 2.20 bits per heavy atom. The summed E-state index contributed by atoms with van der Waals surface area (Å²) in [5, 5.41) is 4.25. The first-order valence-electron chi connectivity index (χ1n) is 4.92. The van der Waals surface area contributed by atoms with E-state index in [9.17, 15) is 0 Å². The SMILES string of the molecule is CCC(Cl)CNCc1ccc(Br)cc1Cl. The van der Waals surface area contributed by atoms with Crippen LogP contribution in [0.25, 0.3) is 0 Å². The van der Waals surface area contributed by atoms with Crippen LogP contribution in [0.3, 0.4) is 0 Å². The van der Waals surface area contributed by atoms with E-state index >= 15 is 0 Å². The first kappa shape index (κ1) is 13.3. The summed E-state index contributed by atoms with van der Waals surface area (Å²) in [4.78, 5) is 0. The smallest absolute Gasteiger partial charge is 0.0462 e. The highest BCUT2D eigenvalue weighted by molar-refractivity contribution is 9.10. The second-order valence-electron chi connectivity index (χ2n) is 3.37. The van der Waals surface area contributed by atoms with Crippen molar-refractivity contribution in [3.8, 4) is 0 Å². The van der Waals surface area contributed by atoms with E-state index in [2.05, 4.69) is 28.2 Å². The molecule has 0 bridgehead atoms. The minimum atomic E-state index is 0.194. The largest absolute Gasteiger partial charge is 0.311 e. The van der Waals surface area contributed by atoms with Gasteiger partial charge in [0.25, 0.3) is 0 Å². The minimum Gasteiger partial charge on any atom is -0.311 e. The van der Waals surface area contributed by atoms with Crippen LogP contribution in [0.4, 0.5) is 0 Å². The Hall–Kier alpha value is 0.240. The quantitative estimate of drug-likeness (QED) is 0.803. The number of hydrogen-bond donors (Lipinski definition) is 1. The van der Waals surface area contributed by atoms with Crippen LogP contribution >= 0.6 is 39.1 Å². The zero-order valence-corrected chi connectivity index (χ0v) is 11.7. The van der Waals surface area contributed by atoms with E-state index < -0.39 is 0 Å². The van der Waals surface area contributed by atoms with E-state index in [-0.39, 0.29) is 5.38 Å². The zero-order valence-electron chi connectivity index (χ0n) is 8.56. The van der Waals surface area contributed by atoms with Crippen LogP contribution in [-0.4, -0.2) is 11.9 Å². The molecule has 0 aliphatic rings. The van der Waals surface area contributed by atoms with E-state index in [1.807, 2.05) is 18.2 Å². The number of halogens is 3. The topological polar surface area (TPSA) is 12.0 Å². The van der Waals surface area contributed by atoms with Crippen molar-refractivity contribution in [1.82, 2.24) is 5.32 Å². The van der Waals surface area contributed by atoms with Gasteiger partial charge in [-0.3, -0.25) is 0 Å². The molecule has 0 aromatic heterocycles. The summed E-state index contributed by atoms with van der Waals surface area (Å²) in [5.41, 5.74) is 1.10. The average molecular weight is 311 g/mol. The number of rotatable bonds is 5. The molecule has 84 valence electrons. The fourth-order valence-corrected chi connectivity index (χ4v) is 2.02. The fourth-order valence-electron chi connectivity index (χ4n) is 1.17. The van der Waals surface area contributed by atoms with Crippen molar-refractivity contribution in [2.45, 2.75) is 25.3 Å². The predicted octanol–water partition coefficient (Wildman–Crippen LogP) is 4.21. The van der Waals surface area contributed by atoms with E-state index in [0.29, 0.717) is 0 Å². The molecule has 0 saturated heterocycles. The van der Waals surface area contributed by atoms with Crippen LogP contribution in [-0.2, 0) is 6.54 Å². The third-order valence-electron chi connectivity index (χ3n) is 2.14. The Labute approximate surface area is 109 Å². The summed E-state index contributed by atoms with van der Waals surface area (Å²) >= 11 is 15.4. The molecule has 0 heterocycles. The molecule has 1 N–H and O–H groups in total. The number of hydrogen-bond acceptors (Lipinski definition) is 1. The Balaban J connectivity index is 2.44. The Bertz CT molecular complexity index is 317. The van der Waals surface area contributed by atoms with Gasteiger partial charge in [-0.25, -0.2) is 0 Å². The van der Waals surface area contributed by atoms with E-state index in [0.717, 1.165) is 34.6 Å². The van der Waals surface area contributed by atoms with Gasteiger partial charge in [0, 0.05) is 28.0 Å². The lowest BCUT2D eigenvalue weighted by atomic mass is 10.2. The molecule has 1 rings (SSSR count). The standard InChI is InChI=1S/C11H14BrCl2N/c1-2-10(13)7-15-6-8-3-4-9(12)5-11(8)14/h3-5,10,15H,2,6-7H2,1H3. The summed E-state index contributed by atoms with van der Waals surface area (Å²) in [5.74, 6) is 0. The van der Waals surface area contributed by atoms with Gasteiger partial charge in [0.1, 0.15) is 0 Å². The molecule has 0 aliphatic heterocycles. The number of benzene rings is 1. The molecule has 1 unspecified atom stereocenters. The van der Waals surface area contributed by atoms with E-state index in [4.69, 9.17) is 23.2 Å². The average Bonchev–Trinajstić information content (AvgIpc) is 2.21. The molecule has 1 nitrogen and oxygen atoms in total. The highest BCUT2D eigenvalue weighted by atomic mass is 79.9. The molecule has 4 heteroatoms. The fraction of sp³-hybridized carbons (Fsp3) is 0.455. The maximum atomic E-state index is 6.08. The maximum Gasteiger partial charge on any atom is 0.0462 e. The molecule has 0 saturated carbocycles. The third-order valence-corrected chi connectivity index (χ3v) is 3.45. The first-order valence-corrected chi connectivity index (χ1v) is 6.53. The van der Waals surface area contributed by atoms with Crippen molar-refractivity contribution in [1.29, 1.82) is 0 Å². The molecule has 0 radical (unpaired) electrons. The highest BCUT2D eigenvalue weighted by Gasteiger charge is 2.03. The van der Waals surface area contributed by atoms with Crippen molar-refractivity contribution >= 4 is 39.1 Å². The van der Waals surface area contributed by atoms with Crippen molar-refractivity contribution < 1.29 is 0 Å². The molecule has 15 heavy (non-hydrogen) atoms. The lowest BCUT2D eigenvalue weighted by molar-refractivity contribution is 0.647. The zero-order chi connectivity index (χ0) is 11.3. The molecule has 0 spiro atoms. The minimum absolute atomic E-state index is 0.194. The maximum absolute atomic E-state index is 6.08. The van der Waals surface area contributed by atoms with Gasteiger partial charge < -0.3 is 5.32 Å². The van der Waals surface area contributed by atoms with Gasteiger partial charge in [0.05, 0.1) is 0 Å². The highest BCUT2D eigenvalue weighted by Crippen LogP contribution is 2.21. The van der Waals surface area contributed by atoms with Gasteiger partial charge >= 0.3 is 0 Å². The van der Waals surface area contributed by atoms with Crippen molar-refractivity contribution in [2.75, 3.05) is 6.54 Å². The van der Waals surface area contributed by atoms with Crippen LogP contribution in [0.1, 0.15) is 18.9 Å². The summed E-state index contributed by atoms with van der Waals surface area (Å²) in [7, 11) is 0. The van der Waals surface area contributed by atoms with Crippen LogP contribution in [0.2, 0.25) is 5.02 Å². The summed E-state index contributed by atoms with van der Waals surface area (Å²) < 4.78 is 1.00. The summed E-state index contributed by atoms with van der Waals surface area (Å²) in [6.07, 6.45) is 0.975. The van der Waals surface area contributed by atoms with Crippen LogP contribution in [0.15, 0.2) is 22.7 Å². The first-order chi connectivity index (χ1) is 7.13. The Morgan fingerprint density at radius 1 is 1.47 bits per heavy atom. The molecule has 0 aliphatic carbocycles. The van der Waals surface area contributed by atoms with Gasteiger partial charge in [-0.1, -0.05) is 40.5 Å². The lowest BCUT2D eigenvalue weighted by Crippen LogP contribution is -2.22. The molecule has 1 aromatic rings. The van der Waals surface area contributed by atoms with Gasteiger partial charge in [0.2, 0.25) is 0 Å². The predicted molar refractivity (Wildman–Crippen MR) is 70.8 cm³/mol. The van der Waals surface area contributed by atoms with Crippen LogP contribution in [0, 0.1) is 0 Å². The number of alkyl halides is 1. The van der Waals surface area contributed by atoms with Gasteiger partial charge in [0.15, 0.2) is 0 Å². The van der Waals surface area contributed by atoms with Crippen LogP contribution in [0.5, 0.6) is 0 Å². The second kappa shape index (κ2) is 6.74. The second-order valence-corrected chi connectivity index (χ2v) is 5.31. The van der Waals surface area contributed by atoms with Crippen molar-refractivity contribution in [2.24, 2.45) is 0 Å². The summed E-state index contributed by atoms with van der Waals surface area (Å²) in [6, 6.07) is 5.89. The van der Waals surface area contributed by atoms with E-state index in [1.165, 1.54) is 0 Å². The van der Waals surface area contributed by atoms with Crippen molar-refractivity contribution in [3.05, 3.63) is 33.3 Å². The number of nitrogens with one attached hydrogen (secondary N) is 1. The summed E-state index contributed by atoms with van der Waals surface area (Å²) in [6.45, 7) is 3.64. The molecule has 1 atom stereocenters. The molecule has 1 aromatic carbocycles. The Kier molecular flexibility index (Phi) is 5.98. The van der Waals surface area contributed by atoms with Gasteiger partial charge in [-0.2, -0.15) is 0 Å². The van der Waals surface area contributed by atoms with Crippen molar-refractivity contribution in [3.63, 3.8) is 0 Å². The van der Waals surface area contributed by atoms with Gasteiger partial charge in [-0.05, 0) is 24.1 Å². The molecular formula is C11H14BrCl2N. The molecular weight excluding hydrogens is 297 g/mol. The normalized spacial score (nSPS) is 12.8. The molecule has 0 amide bonds. The monoisotopic (exact) mass is 309 g/mol. The molecule has 0 fully saturated rings. The lowest BCUT2D eigenvalue weighted by Gasteiger charge is -2.09. The van der Waals surface area contributed by atoms with Gasteiger partial charge in [-0.15, -0.1) is 11.6 Å².